The molecule has 0 aliphatic heterocycles. The van der Waals surface area contributed by atoms with Crippen LogP contribution in [0.4, 0.5) is 13.2 Å². The molecule has 1 unspecified atom stereocenters. The molecule has 0 radical (unpaired) electrons. The van der Waals surface area contributed by atoms with Crippen LogP contribution in [-0.4, -0.2) is 10.9 Å². The van der Waals surface area contributed by atoms with E-state index in [9.17, 15) is 13.2 Å². The van der Waals surface area contributed by atoms with E-state index in [1.165, 1.54) is 11.8 Å². The number of hydrogen-bond donors (Lipinski definition) is 0. The number of alkyl halides is 2. The zero-order valence-electron chi connectivity index (χ0n) is 17.8. The predicted octanol–water partition coefficient (Wildman–Crippen LogP) is 7.28. The van der Waals surface area contributed by atoms with Gasteiger partial charge in [-0.1, -0.05) is 26.8 Å². The topological polar surface area (TPSA) is 12.9 Å². The molecule has 0 spiro atoms. The van der Waals surface area contributed by atoms with Crippen LogP contribution in [-0.2, 0) is 0 Å². The van der Waals surface area contributed by atoms with Gasteiger partial charge in [0.05, 0.1) is 6.20 Å². The third kappa shape index (κ3) is 2.69. The van der Waals surface area contributed by atoms with E-state index in [2.05, 4.69) is 31.8 Å². The van der Waals surface area contributed by atoms with E-state index in [0.717, 1.165) is 37.7 Å². The van der Waals surface area contributed by atoms with Crippen molar-refractivity contribution >= 4 is 5.57 Å². The molecular weight excluding hydrogens is 371 g/mol. The number of aromatic nitrogens is 1. The monoisotopic (exact) mass is 403 g/mol. The molecule has 3 saturated carbocycles. The summed E-state index contributed by atoms with van der Waals surface area (Å²) in [5.41, 5.74) is 2.36. The van der Waals surface area contributed by atoms with Crippen LogP contribution < -0.4 is 0 Å². The average Bonchev–Trinajstić information content (AvgIpc) is 3.01. The van der Waals surface area contributed by atoms with Crippen LogP contribution in [0.5, 0.6) is 0 Å². The van der Waals surface area contributed by atoms with Gasteiger partial charge in [0, 0.05) is 19.0 Å². The molecule has 0 amide bonds. The first-order valence-electron chi connectivity index (χ1n) is 11.3. The summed E-state index contributed by atoms with van der Waals surface area (Å²) in [6.45, 7) is 7.11. The van der Waals surface area contributed by atoms with Crippen LogP contribution in [0.2, 0.25) is 0 Å². The Bertz CT molecular complexity index is 863. The van der Waals surface area contributed by atoms with Crippen LogP contribution in [0.3, 0.4) is 0 Å². The second-order valence-electron chi connectivity index (χ2n) is 11.1. The molecule has 0 N–H and O–H groups in total. The highest BCUT2D eigenvalue weighted by molar-refractivity contribution is 5.72. The molecule has 1 nitrogen and oxygen atoms in total. The first kappa shape index (κ1) is 19.6. The van der Waals surface area contributed by atoms with E-state index in [-0.39, 0.29) is 40.8 Å². The maximum absolute atomic E-state index is 14.2. The van der Waals surface area contributed by atoms with Crippen molar-refractivity contribution in [1.29, 1.82) is 0 Å². The Morgan fingerprint density at radius 2 is 1.72 bits per heavy atom. The molecule has 1 aromatic rings. The summed E-state index contributed by atoms with van der Waals surface area (Å²) < 4.78 is 42.2. The number of halogens is 3. The maximum Gasteiger partial charge on any atom is 0.248 e. The number of nitrogens with zero attached hydrogens (tertiary/aromatic N) is 1. The van der Waals surface area contributed by atoms with Crippen molar-refractivity contribution < 1.29 is 13.2 Å². The largest absolute Gasteiger partial charge is 0.261 e. The number of allylic oxidation sites excluding steroid dienone is 2. The van der Waals surface area contributed by atoms with Gasteiger partial charge in [0.1, 0.15) is 5.82 Å². The van der Waals surface area contributed by atoms with E-state index >= 15 is 0 Å². The molecular formula is C25H32F3N. The van der Waals surface area contributed by atoms with Crippen molar-refractivity contribution in [2.75, 3.05) is 0 Å². The highest BCUT2D eigenvalue weighted by Gasteiger charge is 2.65. The standard InChI is InChI=1S/C25H32F3N/c1-22-10-11-25(27,28)13-17(22)6-8-24(3)20-5-4-19(16-12-18(26)15-29-14-16)23(20,2)9-7-21(22)24/h4,12,14-15,17,20-21H,5-11,13H2,1-3H3/t17?,20-,21-,22+,23-,24+/m1/s1. The van der Waals surface area contributed by atoms with Gasteiger partial charge in [-0.25, -0.2) is 13.2 Å². The molecule has 1 heterocycles. The third-order valence-corrected chi connectivity index (χ3v) is 9.84. The first-order valence-corrected chi connectivity index (χ1v) is 11.3. The molecule has 4 aliphatic rings. The van der Waals surface area contributed by atoms with Crippen molar-refractivity contribution in [2.45, 2.75) is 78.1 Å². The van der Waals surface area contributed by atoms with Crippen molar-refractivity contribution in [3.63, 3.8) is 0 Å². The van der Waals surface area contributed by atoms with Crippen molar-refractivity contribution in [2.24, 2.45) is 34.0 Å². The highest BCUT2D eigenvalue weighted by atomic mass is 19.3. The lowest BCUT2D eigenvalue weighted by Gasteiger charge is -2.65. The minimum Gasteiger partial charge on any atom is -0.261 e. The zero-order chi connectivity index (χ0) is 20.7. The molecule has 0 saturated heterocycles. The van der Waals surface area contributed by atoms with Gasteiger partial charge in [-0.15, -0.1) is 0 Å². The van der Waals surface area contributed by atoms with Gasteiger partial charge in [0.25, 0.3) is 0 Å². The molecule has 4 aliphatic carbocycles. The fraction of sp³-hybridized carbons (Fsp3) is 0.720. The smallest absolute Gasteiger partial charge is 0.248 e. The van der Waals surface area contributed by atoms with Gasteiger partial charge in [-0.05, 0) is 89.7 Å². The zero-order valence-corrected chi connectivity index (χ0v) is 17.8. The van der Waals surface area contributed by atoms with Crippen LogP contribution in [0, 0.1) is 39.8 Å². The Morgan fingerprint density at radius 3 is 2.48 bits per heavy atom. The van der Waals surface area contributed by atoms with Gasteiger partial charge in [0.2, 0.25) is 5.92 Å². The first-order chi connectivity index (χ1) is 13.6. The SMILES string of the molecule is C[C@@]12CCC3CC(F)(F)CC[C@]3(C)[C@H]1CC[C@]1(C)C(c3cncc(F)c3)=CC[C@@H]21. The Morgan fingerprint density at radius 1 is 0.931 bits per heavy atom. The van der Waals surface area contributed by atoms with E-state index in [0.29, 0.717) is 18.3 Å². The molecule has 4 heteroatoms. The number of hydrogen-bond acceptors (Lipinski definition) is 1. The second-order valence-corrected chi connectivity index (χ2v) is 11.1. The summed E-state index contributed by atoms with van der Waals surface area (Å²) in [7, 11) is 0. The molecule has 0 aromatic carbocycles. The number of fused-ring (bicyclic) bond motifs is 5. The fourth-order valence-electron chi connectivity index (χ4n) is 8.41. The maximum atomic E-state index is 14.2. The molecule has 3 fully saturated rings. The predicted molar refractivity (Wildman–Crippen MR) is 109 cm³/mol. The molecule has 6 atom stereocenters. The summed E-state index contributed by atoms with van der Waals surface area (Å²) >= 11 is 0. The summed E-state index contributed by atoms with van der Waals surface area (Å²) in [6.07, 6.45) is 11.3. The Labute approximate surface area is 172 Å². The summed E-state index contributed by atoms with van der Waals surface area (Å²) in [4.78, 5) is 4.09. The van der Waals surface area contributed by atoms with Gasteiger partial charge in [0.15, 0.2) is 0 Å². The third-order valence-electron chi connectivity index (χ3n) is 9.84. The number of rotatable bonds is 1. The Hall–Kier alpha value is -1.32. The van der Waals surface area contributed by atoms with E-state index < -0.39 is 5.92 Å². The van der Waals surface area contributed by atoms with Crippen LogP contribution in [0.1, 0.15) is 77.7 Å². The minimum atomic E-state index is -2.48. The second kappa shape index (κ2) is 6.11. The number of pyridine rings is 1. The average molecular weight is 404 g/mol. The fourth-order valence-corrected chi connectivity index (χ4v) is 8.41. The Balaban J connectivity index is 1.48. The van der Waals surface area contributed by atoms with Crippen molar-refractivity contribution in [3.05, 3.63) is 35.9 Å². The minimum absolute atomic E-state index is 0.0164. The summed E-state index contributed by atoms with van der Waals surface area (Å²) in [6, 6.07) is 1.61. The van der Waals surface area contributed by atoms with Crippen molar-refractivity contribution in [1.82, 2.24) is 4.98 Å². The van der Waals surface area contributed by atoms with Crippen LogP contribution in [0.25, 0.3) is 5.57 Å². The summed E-state index contributed by atoms with van der Waals surface area (Å²) in [5.74, 6) is -1.62. The quantitative estimate of drug-likeness (QED) is 0.480. The molecule has 29 heavy (non-hydrogen) atoms. The van der Waals surface area contributed by atoms with E-state index in [4.69, 9.17) is 0 Å². The van der Waals surface area contributed by atoms with E-state index in [1.807, 2.05) is 0 Å². The van der Waals surface area contributed by atoms with Crippen molar-refractivity contribution in [3.8, 4) is 0 Å². The lowest BCUT2D eigenvalue weighted by atomic mass is 9.39. The normalized spacial score (nSPS) is 45.7. The van der Waals surface area contributed by atoms with Gasteiger partial charge >= 0.3 is 0 Å². The molecule has 158 valence electrons. The lowest BCUT2D eigenvalue weighted by molar-refractivity contribution is -0.189. The lowest BCUT2D eigenvalue weighted by Crippen LogP contribution is -2.59. The van der Waals surface area contributed by atoms with Gasteiger partial charge in [-0.3, -0.25) is 4.98 Å². The van der Waals surface area contributed by atoms with Gasteiger partial charge < -0.3 is 0 Å². The molecule has 5 rings (SSSR count). The van der Waals surface area contributed by atoms with E-state index in [1.54, 1.807) is 12.3 Å². The molecule has 1 aromatic heterocycles. The Kier molecular flexibility index (Phi) is 4.13. The van der Waals surface area contributed by atoms with Crippen LogP contribution >= 0.6 is 0 Å². The van der Waals surface area contributed by atoms with Gasteiger partial charge in [-0.2, -0.15) is 0 Å². The van der Waals surface area contributed by atoms with Crippen LogP contribution in [0.15, 0.2) is 24.5 Å². The molecule has 0 bridgehead atoms. The summed E-state index contributed by atoms with van der Waals surface area (Å²) in [5, 5.41) is 0. The highest BCUT2D eigenvalue weighted by Crippen LogP contribution is 2.72.